The Kier molecular flexibility index (Phi) is 24.6. The molecule has 2 rings (SSSR count). The Hall–Kier alpha value is -2.85. The van der Waals surface area contributed by atoms with Crippen LogP contribution in [0, 0.1) is 0 Å². The van der Waals surface area contributed by atoms with Crippen molar-refractivity contribution in [1.82, 2.24) is 0 Å². The Morgan fingerprint density at radius 3 is 1.22 bits per heavy atom. The number of ether oxygens (including phenoxy) is 2. The molecule has 0 bridgehead atoms. The molecule has 0 fully saturated rings. The number of alkyl halides is 13. The van der Waals surface area contributed by atoms with E-state index in [1.165, 1.54) is 153 Å². The van der Waals surface area contributed by atoms with Gasteiger partial charge in [-0.3, -0.25) is 0 Å². The van der Waals surface area contributed by atoms with Crippen molar-refractivity contribution in [3.05, 3.63) is 54.1 Å². The van der Waals surface area contributed by atoms with E-state index in [0.717, 1.165) is 31.4 Å². The highest BCUT2D eigenvalue weighted by molar-refractivity contribution is 7.99. The molecule has 0 aliphatic heterocycles. The van der Waals surface area contributed by atoms with Gasteiger partial charge in [-0.05, 0) is 55.0 Å². The maximum Gasteiger partial charge on any atom is 0.460 e. The van der Waals surface area contributed by atoms with Gasteiger partial charge < -0.3 is 9.47 Å². The summed E-state index contributed by atoms with van der Waals surface area (Å²) in [6.07, 6.45) is 20.3. The highest BCUT2D eigenvalue weighted by Crippen LogP contribution is 2.60. The first-order chi connectivity index (χ1) is 29.6. The van der Waals surface area contributed by atoms with Gasteiger partial charge >= 0.3 is 41.8 Å². The number of unbranched alkanes of at least 4 members (excludes halogenated alkanes) is 22. The van der Waals surface area contributed by atoms with E-state index < -0.39 is 53.9 Å². The van der Waals surface area contributed by atoms with E-state index in [2.05, 4.69) is 6.92 Å². The molecule has 2 aromatic rings. The lowest BCUT2D eigenvalue weighted by Crippen LogP contribution is -2.70. The van der Waals surface area contributed by atoms with Crippen molar-refractivity contribution in [2.75, 3.05) is 12.4 Å². The Labute approximate surface area is 368 Å². The van der Waals surface area contributed by atoms with Crippen LogP contribution in [0.3, 0.4) is 0 Å². The van der Waals surface area contributed by atoms with Gasteiger partial charge in [-0.25, -0.2) is 4.79 Å². The third kappa shape index (κ3) is 18.2. The first kappa shape index (κ1) is 56.3. The molecule has 0 radical (unpaired) electrons. The molecule has 17 heteroatoms. The SMILES string of the molecule is CCCCCCCCCCCCCCCCCCCCCCCCCOc1ccc(C(=O)Oc2ccc(SCCC(F)(F)C(F)(F)C(F)(F)C(F)(F)C(F)(F)C(F)(F)F)cc2)cc1. The normalized spacial score (nSPS) is 13.1. The van der Waals surface area contributed by atoms with Crippen molar-refractivity contribution < 1.29 is 71.3 Å². The van der Waals surface area contributed by atoms with Crippen LogP contribution in [0.1, 0.15) is 171 Å². The van der Waals surface area contributed by atoms with Crippen LogP contribution in [0.25, 0.3) is 0 Å². The molecule has 0 amide bonds. The molecule has 0 saturated carbocycles. The molecule has 0 unspecified atom stereocenters. The summed E-state index contributed by atoms with van der Waals surface area (Å²) < 4.78 is 184. The highest BCUT2D eigenvalue weighted by atomic mass is 32.2. The first-order valence-corrected chi connectivity index (χ1v) is 23.2. The van der Waals surface area contributed by atoms with Crippen LogP contribution in [-0.4, -0.2) is 54.1 Å². The molecular formula is C46H63F13O3S. The van der Waals surface area contributed by atoms with Gasteiger partial charge in [-0.1, -0.05) is 148 Å². The zero-order valence-electron chi connectivity index (χ0n) is 36.1. The standard InChI is InChI=1S/C46H63F13O3S/c1-2-3-4-5-6-7-8-9-10-11-12-13-14-15-16-17-18-19-20-21-22-23-24-34-61-37-27-25-36(26-28-37)40(60)62-38-29-31-39(32-30-38)63-35-33-41(47,48)42(49,50)43(51,52)44(53,54)45(55,56)46(57,58)59/h25-32H,2-24,33-35H2,1H3. The lowest BCUT2D eigenvalue weighted by atomic mass is 9.93. The van der Waals surface area contributed by atoms with Gasteiger partial charge in [0, 0.05) is 17.1 Å². The van der Waals surface area contributed by atoms with Crippen molar-refractivity contribution in [3.8, 4) is 11.5 Å². The molecule has 0 N–H and O–H groups in total. The van der Waals surface area contributed by atoms with Gasteiger partial charge in [0.1, 0.15) is 11.5 Å². The van der Waals surface area contributed by atoms with Crippen LogP contribution in [0.15, 0.2) is 53.4 Å². The minimum Gasteiger partial charge on any atom is -0.494 e. The molecule has 0 aliphatic carbocycles. The first-order valence-electron chi connectivity index (χ1n) is 22.3. The van der Waals surface area contributed by atoms with Gasteiger partial charge in [0.2, 0.25) is 0 Å². The Morgan fingerprint density at radius 1 is 0.460 bits per heavy atom. The van der Waals surface area contributed by atoms with Gasteiger partial charge in [-0.2, -0.15) is 57.1 Å². The number of carbonyl (C=O) groups is 1. The van der Waals surface area contributed by atoms with Crippen LogP contribution in [0.4, 0.5) is 57.1 Å². The molecule has 63 heavy (non-hydrogen) atoms. The Balaban J connectivity index is 1.56. The summed E-state index contributed by atoms with van der Waals surface area (Å²) in [6, 6.07) is 10.8. The predicted molar refractivity (Wildman–Crippen MR) is 221 cm³/mol. The van der Waals surface area contributed by atoms with E-state index in [0.29, 0.717) is 24.1 Å². The number of benzene rings is 2. The number of hydrogen-bond acceptors (Lipinski definition) is 4. The fraction of sp³-hybridized carbons (Fsp3) is 0.717. The summed E-state index contributed by atoms with van der Waals surface area (Å²) in [5.41, 5.74) is 0.152. The van der Waals surface area contributed by atoms with Crippen molar-refractivity contribution in [2.45, 2.75) is 202 Å². The average Bonchev–Trinajstić information content (AvgIpc) is 3.22. The molecule has 0 atom stereocenters. The number of halogens is 13. The molecule has 2 aromatic carbocycles. The molecule has 0 spiro atoms. The van der Waals surface area contributed by atoms with Crippen molar-refractivity contribution >= 4 is 17.7 Å². The summed E-state index contributed by atoms with van der Waals surface area (Å²) in [5, 5.41) is 0. The third-order valence-corrected chi connectivity index (χ3v) is 11.8. The summed E-state index contributed by atoms with van der Waals surface area (Å²) in [7, 11) is 0. The van der Waals surface area contributed by atoms with Crippen molar-refractivity contribution in [2.24, 2.45) is 0 Å². The van der Waals surface area contributed by atoms with Crippen LogP contribution in [-0.2, 0) is 0 Å². The van der Waals surface area contributed by atoms with E-state index in [-0.39, 0.29) is 16.2 Å². The lowest BCUT2D eigenvalue weighted by Gasteiger charge is -2.39. The maximum atomic E-state index is 14.1. The average molecular weight is 943 g/mol. The number of thioether (sulfide) groups is 1. The zero-order valence-corrected chi connectivity index (χ0v) is 36.9. The van der Waals surface area contributed by atoms with Crippen LogP contribution < -0.4 is 9.47 Å². The van der Waals surface area contributed by atoms with Crippen molar-refractivity contribution in [1.29, 1.82) is 0 Å². The zero-order chi connectivity index (χ0) is 47.0. The lowest BCUT2D eigenvalue weighted by molar-refractivity contribution is -0.439. The molecule has 3 nitrogen and oxygen atoms in total. The predicted octanol–water partition coefficient (Wildman–Crippen LogP) is 17.5. The topological polar surface area (TPSA) is 35.5 Å². The number of rotatable bonds is 35. The Bertz CT molecular complexity index is 1540. The number of carbonyl (C=O) groups excluding carboxylic acids is 1. The third-order valence-electron chi connectivity index (χ3n) is 10.8. The fourth-order valence-corrected chi connectivity index (χ4v) is 7.71. The van der Waals surface area contributed by atoms with E-state index in [1.54, 1.807) is 12.1 Å². The summed E-state index contributed by atoms with van der Waals surface area (Å²) >= 11 is 0.310. The second-order valence-corrected chi connectivity index (χ2v) is 17.3. The summed E-state index contributed by atoms with van der Waals surface area (Å²) in [6.45, 7) is 2.77. The molecule has 362 valence electrons. The second kappa shape index (κ2) is 27.6. The second-order valence-electron chi connectivity index (χ2n) is 16.1. The minimum atomic E-state index is -7.93. The van der Waals surface area contributed by atoms with E-state index >= 15 is 0 Å². The van der Waals surface area contributed by atoms with Crippen LogP contribution in [0.2, 0.25) is 0 Å². The molecular weight excluding hydrogens is 880 g/mol. The Morgan fingerprint density at radius 2 is 0.825 bits per heavy atom. The minimum absolute atomic E-state index is 0.0110. The van der Waals surface area contributed by atoms with E-state index in [9.17, 15) is 61.9 Å². The highest BCUT2D eigenvalue weighted by Gasteiger charge is 2.90. The van der Waals surface area contributed by atoms with Crippen molar-refractivity contribution in [3.63, 3.8) is 0 Å². The van der Waals surface area contributed by atoms with Gasteiger partial charge in [0.25, 0.3) is 0 Å². The molecule has 0 aliphatic rings. The van der Waals surface area contributed by atoms with Gasteiger partial charge in [-0.15, -0.1) is 11.8 Å². The largest absolute Gasteiger partial charge is 0.494 e. The van der Waals surface area contributed by atoms with Gasteiger partial charge in [0.05, 0.1) is 12.2 Å². The monoisotopic (exact) mass is 942 g/mol. The summed E-state index contributed by atoms with van der Waals surface area (Å²) in [4.78, 5) is 12.6. The molecule has 0 aromatic heterocycles. The van der Waals surface area contributed by atoms with Crippen LogP contribution >= 0.6 is 11.8 Å². The van der Waals surface area contributed by atoms with Gasteiger partial charge in [0.15, 0.2) is 0 Å². The number of esters is 1. The number of hydrogen-bond donors (Lipinski definition) is 0. The maximum absolute atomic E-state index is 14.1. The van der Waals surface area contributed by atoms with E-state index in [4.69, 9.17) is 9.47 Å². The quantitative estimate of drug-likeness (QED) is 0.0227. The van der Waals surface area contributed by atoms with Crippen LogP contribution in [0.5, 0.6) is 11.5 Å². The smallest absolute Gasteiger partial charge is 0.460 e. The molecule has 0 heterocycles. The summed E-state index contributed by atoms with van der Waals surface area (Å²) in [5.74, 6) is -38.4. The van der Waals surface area contributed by atoms with E-state index in [1.807, 2.05) is 0 Å². The molecule has 0 saturated heterocycles. The fourth-order valence-electron chi connectivity index (χ4n) is 6.79.